The molecule has 1 fully saturated rings. The van der Waals surface area contributed by atoms with Crippen molar-refractivity contribution in [1.29, 1.82) is 0 Å². The number of amides is 2. The number of benzene rings is 1. The molecule has 0 spiro atoms. The Hall–Kier alpha value is -2.47. The summed E-state index contributed by atoms with van der Waals surface area (Å²) in [7, 11) is 0. The molecule has 2 aliphatic rings. The number of fused-ring (bicyclic) bond motifs is 1. The van der Waals surface area contributed by atoms with E-state index in [0.717, 1.165) is 29.8 Å². The Bertz CT molecular complexity index is 854. The van der Waals surface area contributed by atoms with Crippen molar-refractivity contribution in [2.75, 3.05) is 16.8 Å². The molecule has 6 heteroatoms. The number of carbonyl (C=O) groups is 2. The van der Waals surface area contributed by atoms with Crippen molar-refractivity contribution in [2.45, 2.75) is 31.6 Å². The minimum atomic E-state index is -0.165. The molecule has 1 N–H and O–H groups in total. The second-order valence-corrected chi connectivity index (χ2v) is 7.26. The average Bonchev–Trinajstić information content (AvgIpc) is 3.39. The van der Waals surface area contributed by atoms with Gasteiger partial charge in [-0.1, -0.05) is 12.6 Å². The first-order chi connectivity index (χ1) is 12.2. The van der Waals surface area contributed by atoms with Gasteiger partial charge in [0.25, 0.3) is 5.91 Å². The fraction of sp³-hybridized carbons (Fsp3) is 0.316. The Morgan fingerprint density at radius 3 is 2.96 bits per heavy atom. The predicted octanol–water partition coefficient (Wildman–Crippen LogP) is 3.74. The van der Waals surface area contributed by atoms with Crippen LogP contribution in [0.4, 0.5) is 10.8 Å². The Kier molecular flexibility index (Phi) is 4.13. The van der Waals surface area contributed by atoms with Gasteiger partial charge in [0.15, 0.2) is 5.13 Å². The van der Waals surface area contributed by atoms with Crippen LogP contribution in [0.25, 0.3) is 0 Å². The summed E-state index contributed by atoms with van der Waals surface area (Å²) in [5, 5.41) is 5.58. The van der Waals surface area contributed by atoms with E-state index in [1.807, 2.05) is 23.6 Å². The maximum atomic E-state index is 12.8. The lowest BCUT2D eigenvalue weighted by molar-refractivity contribution is -0.114. The van der Waals surface area contributed by atoms with Crippen LogP contribution in [-0.2, 0) is 11.2 Å². The molecule has 2 amide bonds. The van der Waals surface area contributed by atoms with Gasteiger partial charge < -0.3 is 4.90 Å². The average molecular weight is 353 g/mol. The summed E-state index contributed by atoms with van der Waals surface area (Å²) in [4.78, 5) is 31.0. The lowest BCUT2D eigenvalue weighted by Gasteiger charge is -2.29. The lowest BCUT2D eigenvalue weighted by Crippen LogP contribution is -2.35. The second-order valence-electron chi connectivity index (χ2n) is 6.41. The van der Waals surface area contributed by atoms with Gasteiger partial charge in [-0.15, -0.1) is 11.3 Å². The number of thiazole rings is 1. The van der Waals surface area contributed by atoms with Gasteiger partial charge in [-0.3, -0.25) is 14.9 Å². The highest BCUT2D eigenvalue weighted by atomic mass is 32.1. The van der Waals surface area contributed by atoms with Crippen LogP contribution in [-0.4, -0.2) is 23.3 Å². The van der Waals surface area contributed by atoms with E-state index in [1.165, 1.54) is 30.3 Å². The maximum Gasteiger partial charge on any atom is 0.257 e. The number of anilines is 2. The lowest BCUT2D eigenvalue weighted by atomic mass is 9.95. The molecule has 1 aromatic carbocycles. The van der Waals surface area contributed by atoms with Crippen LogP contribution in [0.2, 0.25) is 0 Å². The Morgan fingerprint density at radius 2 is 2.20 bits per heavy atom. The highest BCUT2D eigenvalue weighted by Gasteiger charge is 2.27. The number of aromatic nitrogens is 1. The Balaban J connectivity index is 1.60. The molecule has 0 unspecified atom stereocenters. The topological polar surface area (TPSA) is 62.3 Å². The van der Waals surface area contributed by atoms with E-state index in [2.05, 4.69) is 16.9 Å². The van der Waals surface area contributed by atoms with Crippen molar-refractivity contribution in [3.63, 3.8) is 0 Å². The zero-order valence-electron chi connectivity index (χ0n) is 13.8. The molecule has 0 bridgehead atoms. The van der Waals surface area contributed by atoms with Crippen molar-refractivity contribution < 1.29 is 9.59 Å². The number of hydrogen-bond acceptors (Lipinski definition) is 4. The molecule has 0 saturated heterocycles. The summed E-state index contributed by atoms with van der Waals surface area (Å²) in [5.74, 6) is 0.277. The van der Waals surface area contributed by atoms with E-state index < -0.39 is 0 Å². The van der Waals surface area contributed by atoms with Gasteiger partial charge in [0, 0.05) is 29.1 Å². The first kappa shape index (κ1) is 16.0. The first-order valence-electron chi connectivity index (χ1n) is 8.50. The van der Waals surface area contributed by atoms with Crippen molar-refractivity contribution in [1.82, 2.24) is 4.98 Å². The van der Waals surface area contributed by atoms with E-state index >= 15 is 0 Å². The zero-order chi connectivity index (χ0) is 17.4. The number of nitrogens with zero attached hydrogens (tertiary/aromatic N) is 2. The van der Waals surface area contributed by atoms with E-state index in [9.17, 15) is 9.59 Å². The smallest absolute Gasteiger partial charge is 0.257 e. The number of hydrogen-bond donors (Lipinski definition) is 1. The van der Waals surface area contributed by atoms with Crippen molar-refractivity contribution >= 4 is 34.0 Å². The second kappa shape index (κ2) is 6.44. The molecule has 1 saturated carbocycles. The van der Waals surface area contributed by atoms with E-state index in [1.54, 1.807) is 4.90 Å². The summed E-state index contributed by atoms with van der Waals surface area (Å²) >= 11 is 1.47. The third kappa shape index (κ3) is 3.09. The molecule has 4 rings (SSSR count). The van der Waals surface area contributed by atoms with Crippen LogP contribution in [0.5, 0.6) is 0 Å². The Labute approximate surface area is 150 Å². The van der Waals surface area contributed by atoms with Gasteiger partial charge in [0.1, 0.15) is 0 Å². The molecule has 1 aliphatic heterocycles. The van der Waals surface area contributed by atoms with Crippen molar-refractivity contribution in [2.24, 2.45) is 0 Å². The first-order valence-corrected chi connectivity index (χ1v) is 9.38. The predicted molar refractivity (Wildman–Crippen MR) is 99.4 cm³/mol. The van der Waals surface area contributed by atoms with Gasteiger partial charge >= 0.3 is 0 Å². The van der Waals surface area contributed by atoms with Gasteiger partial charge in [0.05, 0.1) is 5.69 Å². The minimum absolute atomic E-state index is 0.132. The monoisotopic (exact) mass is 353 g/mol. The van der Waals surface area contributed by atoms with E-state index in [0.29, 0.717) is 23.2 Å². The van der Waals surface area contributed by atoms with Crippen LogP contribution in [0.3, 0.4) is 0 Å². The quantitative estimate of drug-likeness (QED) is 0.852. The fourth-order valence-electron chi connectivity index (χ4n) is 3.25. The van der Waals surface area contributed by atoms with E-state index in [-0.39, 0.29) is 11.8 Å². The van der Waals surface area contributed by atoms with Gasteiger partial charge in [-0.2, -0.15) is 0 Å². The van der Waals surface area contributed by atoms with E-state index in [4.69, 9.17) is 0 Å². The molecule has 2 aromatic rings. The zero-order valence-corrected chi connectivity index (χ0v) is 14.6. The molecule has 0 atom stereocenters. The molecule has 25 heavy (non-hydrogen) atoms. The SMILES string of the molecule is C=CC(=O)N1CCCc2c(C(=O)Nc3nc(C4CC4)cs3)cccc21. The summed E-state index contributed by atoms with van der Waals surface area (Å²) in [6.07, 6.45) is 5.31. The van der Waals surface area contributed by atoms with Crippen molar-refractivity contribution in [3.8, 4) is 0 Å². The maximum absolute atomic E-state index is 12.8. The molecule has 5 nitrogen and oxygen atoms in total. The van der Waals surface area contributed by atoms with Crippen LogP contribution in [0.15, 0.2) is 36.2 Å². The highest BCUT2D eigenvalue weighted by molar-refractivity contribution is 7.14. The molecule has 2 heterocycles. The minimum Gasteiger partial charge on any atom is -0.309 e. The molecule has 128 valence electrons. The highest BCUT2D eigenvalue weighted by Crippen LogP contribution is 2.41. The summed E-state index contributed by atoms with van der Waals surface area (Å²) in [6.45, 7) is 4.22. The molecule has 1 aliphatic carbocycles. The fourth-order valence-corrected chi connectivity index (χ4v) is 4.04. The number of carbonyl (C=O) groups excluding carboxylic acids is 2. The number of rotatable bonds is 4. The summed E-state index contributed by atoms with van der Waals surface area (Å²) in [6, 6.07) is 5.52. The molecule has 1 aromatic heterocycles. The van der Waals surface area contributed by atoms with Crippen LogP contribution < -0.4 is 10.2 Å². The largest absolute Gasteiger partial charge is 0.309 e. The summed E-state index contributed by atoms with van der Waals surface area (Å²) < 4.78 is 0. The van der Waals surface area contributed by atoms with Crippen LogP contribution in [0, 0.1) is 0 Å². The van der Waals surface area contributed by atoms with Crippen LogP contribution >= 0.6 is 11.3 Å². The standard InChI is InChI=1S/C19H19N3O2S/c1-2-17(23)22-10-4-6-13-14(5-3-7-16(13)22)18(24)21-19-20-15(11-25-19)12-8-9-12/h2-3,5,7,11-12H,1,4,6,8-10H2,(H,20,21,24). The Morgan fingerprint density at radius 1 is 1.36 bits per heavy atom. The normalized spacial score (nSPS) is 16.2. The molecular weight excluding hydrogens is 334 g/mol. The third-order valence-electron chi connectivity index (χ3n) is 4.67. The molecular formula is C19H19N3O2S. The number of nitrogens with one attached hydrogen (secondary N) is 1. The summed E-state index contributed by atoms with van der Waals surface area (Å²) in [5.41, 5.74) is 3.42. The van der Waals surface area contributed by atoms with Gasteiger partial charge in [-0.05, 0) is 49.5 Å². The van der Waals surface area contributed by atoms with Crippen molar-refractivity contribution in [3.05, 3.63) is 53.1 Å². The van der Waals surface area contributed by atoms with Gasteiger partial charge in [-0.25, -0.2) is 4.98 Å². The van der Waals surface area contributed by atoms with Gasteiger partial charge in [0.2, 0.25) is 5.91 Å². The third-order valence-corrected chi connectivity index (χ3v) is 5.45. The van der Waals surface area contributed by atoms with Crippen LogP contribution in [0.1, 0.15) is 46.8 Å². The molecule has 0 radical (unpaired) electrons.